The molecule has 0 radical (unpaired) electrons. The summed E-state index contributed by atoms with van der Waals surface area (Å²) in [7, 11) is 1.39. The molecule has 0 saturated carbocycles. The van der Waals surface area contributed by atoms with E-state index >= 15 is 0 Å². The van der Waals surface area contributed by atoms with Gasteiger partial charge in [0, 0.05) is 11.8 Å². The number of benzene rings is 1. The van der Waals surface area contributed by atoms with Gasteiger partial charge in [0.15, 0.2) is 0 Å². The smallest absolute Gasteiger partial charge is 0.417 e. The maximum atomic E-state index is 12.6. The number of nitriles is 1. The number of hydrogen-bond acceptors (Lipinski definition) is 3. The van der Waals surface area contributed by atoms with Crippen LogP contribution in [-0.4, -0.2) is 12.1 Å². The Labute approximate surface area is 123 Å². The van der Waals surface area contributed by atoms with Crippen LogP contribution in [-0.2, 0) is 6.18 Å². The zero-order valence-electron chi connectivity index (χ0n) is 10.7. The Morgan fingerprint density at radius 1 is 1.29 bits per heavy atom. The minimum absolute atomic E-state index is 0.128. The topological polar surface area (TPSA) is 45.9 Å². The summed E-state index contributed by atoms with van der Waals surface area (Å²) in [4.78, 5) is 3.76. The lowest BCUT2D eigenvalue weighted by Crippen LogP contribution is -2.05. The number of aromatic nitrogens is 1. The number of rotatable bonds is 2. The van der Waals surface area contributed by atoms with Crippen molar-refractivity contribution in [2.24, 2.45) is 0 Å². The third-order valence-corrected chi connectivity index (χ3v) is 3.05. The molecule has 21 heavy (non-hydrogen) atoms. The van der Waals surface area contributed by atoms with Crippen LogP contribution in [0.1, 0.15) is 11.1 Å². The summed E-state index contributed by atoms with van der Waals surface area (Å²) in [5.74, 6) is 0.299. The Bertz CT molecular complexity index is 723. The second kappa shape index (κ2) is 5.62. The molecule has 0 amide bonds. The van der Waals surface area contributed by atoms with Gasteiger partial charge in [-0.2, -0.15) is 18.4 Å². The minimum atomic E-state index is -4.50. The Morgan fingerprint density at radius 2 is 2.00 bits per heavy atom. The molecule has 108 valence electrons. The van der Waals surface area contributed by atoms with Gasteiger partial charge in [-0.15, -0.1) is 0 Å². The van der Waals surface area contributed by atoms with Gasteiger partial charge >= 0.3 is 6.18 Å². The maximum Gasteiger partial charge on any atom is 0.417 e. The van der Waals surface area contributed by atoms with E-state index in [9.17, 15) is 13.2 Å². The molecule has 1 aromatic carbocycles. The maximum absolute atomic E-state index is 12.6. The van der Waals surface area contributed by atoms with Crippen LogP contribution in [0, 0.1) is 11.3 Å². The average molecular weight is 313 g/mol. The highest BCUT2D eigenvalue weighted by Crippen LogP contribution is 2.35. The molecule has 2 aromatic rings. The third kappa shape index (κ3) is 3.09. The summed E-state index contributed by atoms with van der Waals surface area (Å²) in [6.45, 7) is 0. The number of ether oxygens (including phenoxy) is 1. The molecule has 0 fully saturated rings. The van der Waals surface area contributed by atoms with E-state index in [1.54, 1.807) is 6.07 Å². The molecule has 0 N–H and O–H groups in total. The van der Waals surface area contributed by atoms with Crippen molar-refractivity contribution in [2.75, 3.05) is 7.11 Å². The highest BCUT2D eigenvalue weighted by molar-refractivity contribution is 6.33. The number of nitrogens with zero attached hydrogens (tertiary/aromatic N) is 2. The molecule has 0 aliphatic heterocycles. The van der Waals surface area contributed by atoms with Crippen LogP contribution in [0.5, 0.6) is 5.75 Å². The molecule has 1 aromatic heterocycles. The zero-order valence-corrected chi connectivity index (χ0v) is 11.5. The van der Waals surface area contributed by atoms with Crippen molar-refractivity contribution >= 4 is 11.6 Å². The van der Waals surface area contributed by atoms with E-state index in [0.29, 0.717) is 23.1 Å². The van der Waals surface area contributed by atoms with Gasteiger partial charge in [-0.25, -0.2) is 0 Å². The minimum Gasteiger partial charge on any atom is -0.495 e. The molecule has 0 aliphatic carbocycles. The Hall–Kier alpha value is -2.26. The van der Waals surface area contributed by atoms with Crippen molar-refractivity contribution in [3.05, 3.63) is 46.6 Å². The predicted molar refractivity (Wildman–Crippen MR) is 71.0 cm³/mol. The fourth-order valence-electron chi connectivity index (χ4n) is 1.74. The molecular weight excluding hydrogens is 305 g/mol. The third-order valence-electron chi connectivity index (χ3n) is 2.76. The first kappa shape index (κ1) is 15.1. The number of methoxy groups -OCH3 is 1. The van der Waals surface area contributed by atoms with E-state index in [1.807, 2.05) is 6.07 Å². The molecule has 7 heteroatoms. The fraction of sp³-hybridized carbons (Fsp3) is 0.143. The van der Waals surface area contributed by atoms with Crippen LogP contribution >= 0.6 is 11.6 Å². The number of halogens is 4. The van der Waals surface area contributed by atoms with E-state index in [-0.39, 0.29) is 10.7 Å². The van der Waals surface area contributed by atoms with Gasteiger partial charge in [-0.05, 0) is 18.2 Å². The lowest BCUT2D eigenvalue weighted by atomic mass is 10.1. The van der Waals surface area contributed by atoms with Gasteiger partial charge < -0.3 is 4.74 Å². The Morgan fingerprint density at radius 3 is 2.52 bits per heavy atom. The summed E-state index contributed by atoms with van der Waals surface area (Å²) in [5.41, 5.74) is 0.0400. The molecule has 1 heterocycles. The van der Waals surface area contributed by atoms with Crippen molar-refractivity contribution < 1.29 is 17.9 Å². The Kier molecular flexibility index (Phi) is 4.05. The second-order valence-corrected chi connectivity index (χ2v) is 4.49. The number of hydrogen-bond donors (Lipinski definition) is 0. The van der Waals surface area contributed by atoms with Gasteiger partial charge in [0.2, 0.25) is 0 Å². The van der Waals surface area contributed by atoms with Crippen LogP contribution in [0.2, 0.25) is 5.02 Å². The number of alkyl halides is 3. The van der Waals surface area contributed by atoms with Gasteiger partial charge in [0.05, 0.1) is 29.0 Å². The first-order chi connectivity index (χ1) is 9.86. The van der Waals surface area contributed by atoms with E-state index in [1.165, 1.54) is 19.2 Å². The fourth-order valence-corrected chi connectivity index (χ4v) is 2.01. The molecule has 2 rings (SSSR count). The second-order valence-electron chi connectivity index (χ2n) is 4.08. The number of pyridine rings is 1. The molecular formula is C14H8ClF3N2O. The van der Waals surface area contributed by atoms with Gasteiger partial charge in [-0.3, -0.25) is 4.98 Å². The first-order valence-electron chi connectivity index (χ1n) is 5.68. The molecule has 0 unspecified atom stereocenters. The molecule has 3 nitrogen and oxygen atoms in total. The predicted octanol–water partition coefficient (Wildman–Crippen LogP) is 4.30. The lowest BCUT2D eigenvalue weighted by molar-refractivity contribution is -0.137. The SMILES string of the molecule is COc1cc(-c2ncc(C(F)(F)F)cc2Cl)ccc1C#N. The highest BCUT2D eigenvalue weighted by Gasteiger charge is 2.31. The lowest BCUT2D eigenvalue weighted by Gasteiger charge is -2.10. The Balaban J connectivity index is 2.51. The molecule has 0 aliphatic rings. The van der Waals surface area contributed by atoms with Gasteiger partial charge in [0.1, 0.15) is 11.8 Å². The molecule has 0 atom stereocenters. The van der Waals surface area contributed by atoms with E-state index < -0.39 is 11.7 Å². The monoisotopic (exact) mass is 312 g/mol. The first-order valence-corrected chi connectivity index (χ1v) is 6.06. The van der Waals surface area contributed by atoms with E-state index in [0.717, 1.165) is 6.07 Å². The van der Waals surface area contributed by atoms with Crippen molar-refractivity contribution in [3.63, 3.8) is 0 Å². The van der Waals surface area contributed by atoms with Crippen LogP contribution in [0.4, 0.5) is 13.2 Å². The van der Waals surface area contributed by atoms with Crippen LogP contribution in [0.3, 0.4) is 0 Å². The molecule has 0 bridgehead atoms. The van der Waals surface area contributed by atoms with E-state index in [4.69, 9.17) is 21.6 Å². The van der Waals surface area contributed by atoms with Gasteiger partial charge in [-0.1, -0.05) is 17.7 Å². The summed E-state index contributed by atoms with van der Waals surface area (Å²) < 4.78 is 42.7. The van der Waals surface area contributed by atoms with Crippen molar-refractivity contribution in [2.45, 2.75) is 6.18 Å². The van der Waals surface area contributed by atoms with Crippen LogP contribution < -0.4 is 4.74 Å². The quantitative estimate of drug-likeness (QED) is 0.830. The summed E-state index contributed by atoms with van der Waals surface area (Å²) >= 11 is 5.87. The van der Waals surface area contributed by atoms with Crippen LogP contribution in [0.15, 0.2) is 30.5 Å². The summed E-state index contributed by atoms with van der Waals surface area (Å²) in [6.07, 6.45) is -3.79. The van der Waals surface area contributed by atoms with Crippen LogP contribution in [0.25, 0.3) is 11.3 Å². The van der Waals surface area contributed by atoms with Crippen molar-refractivity contribution in [3.8, 4) is 23.1 Å². The normalized spacial score (nSPS) is 11.0. The van der Waals surface area contributed by atoms with Crippen molar-refractivity contribution in [1.82, 2.24) is 4.98 Å². The molecule has 0 saturated heterocycles. The summed E-state index contributed by atoms with van der Waals surface area (Å²) in [5, 5.41) is 8.77. The molecule has 0 spiro atoms. The van der Waals surface area contributed by atoms with E-state index in [2.05, 4.69) is 4.98 Å². The zero-order chi connectivity index (χ0) is 15.6. The van der Waals surface area contributed by atoms with Crippen molar-refractivity contribution in [1.29, 1.82) is 5.26 Å². The standard InChI is InChI=1S/C14H8ClF3N2O/c1-21-12-4-8(2-3-9(12)6-19)13-11(15)5-10(7-20-13)14(16,17)18/h2-5,7H,1H3. The summed E-state index contributed by atoms with van der Waals surface area (Å²) in [6, 6.07) is 7.29. The average Bonchev–Trinajstić information content (AvgIpc) is 2.45. The van der Waals surface area contributed by atoms with Gasteiger partial charge in [0.25, 0.3) is 0 Å². The largest absolute Gasteiger partial charge is 0.495 e. The highest BCUT2D eigenvalue weighted by atomic mass is 35.5.